The van der Waals surface area contributed by atoms with Crippen molar-refractivity contribution in [1.29, 1.82) is 0 Å². The molecule has 5 heteroatoms. The van der Waals surface area contributed by atoms with E-state index in [0.29, 0.717) is 11.1 Å². The fourth-order valence-corrected chi connectivity index (χ4v) is 2.04. The molecule has 1 unspecified atom stereocenters. The normalized spacial score (nSPS) is 19.6. The monoisotopic (exact) mass is 270 g/mol. The quantitative estimate of drug-likeness (QED) is 0.676. The maximum absolute atomic E-state index is 9.88. The smallest absolute Gasteiger partial charge is 0.216 e. The van der Waals surface area contributed by atoms with Crippen LogP contribution in [-0.2, 0) is 4.74 Å². The van der Waals surface area contributed by atoms with E-state index in [2.05, 4.69) is 4.98 Å². The third-order valence-corrected chi connectivity index (χ3v) is 3.13. The zero-order valence-electron chi connectivity index (χ0n) is 10.9. The van der Waals surface area contributed by atoms with E-state index < -0.39 is 6.41 Å². The van der Waals surface area contributed by atoms with E-state index in [0.717, 1.165) is 18.7 Å². The number of hydrogen-bond acceptors (Lipinski definition) is 4. The lowest BCUT2D eigenvalue weighted by atomic mass is 9.93. The maximum Gasteiger partial charge on any atom is 0.216 e. The summed E-state index contributed by atoms with van der Waals surface area (Å²) in [5, 5.41) is 10.4. The van der Waals surface area contributed by atoms with Crippen LogP contribution < -0.4 is 0 Å². The minimum Gasteiger partial charge on any atom is -0.356 e. The molecule has 1 fully saturated rings. The molecule has 2 rings (SSSR count). The van der Waals surface area contributed by atoms with Gasteiger partial charge in [-0.1, -0.05) is 17.7 Å². The van der Waals surface area contributed by atoms with Crippen molar-refractivity contribution < 1.29 is 9.84 Å². The fourth-order valence-electron chi connectivity index (χ4n) is 1.92. The molecule has 1 aromatic rings. The number of halogens is 1. The number of rotatable bonds is 3. The van der Waals surface area contributed by atoms with Gasteiger partial charge in [0.2, 0.25) is 6.41 Å². The molecule has 1 N–H and O–H groups in total. The van der Waals surface area contributed by atoms with Gasteiger partial charge in [0.05, 0.1) is 5.60 Å². The SMILES string of the molecule is CC(C)(C)OC(O)N1CC(c2ccc(Cl)nc2)C1. The molecule has 1 aromatic heterocycles. The van der Waals surface area contributed by atoms with Gasteiger partial charge < -0.3 is 9.84 Å². The van der Waals surface area contributed by atoms with Gasteiger partial charge in [-0.3, -0.25) is 4.90 Å². The van der Waals surface area contributed by atoms with Crippen LogP contribution in [0.5, 0.6) is 0 Å². The Hall–Kier alpha value is -0.680. The first-order valence-electron chi connectivity index (χ1n) is 6.06. The van der Waals surface area contributed by atoms with Crippen molar-refractivity contribution >= 4 is 11.6 Å². The highest BCUT2D eigenvalue weighted by Crippen LogP contribution is 2.29. The minimum absolute atomic E-state index is 0.341. The average molecular weight is 271 g/mol. The highest BCUT2D eigenvalue weighted by molar-refractivity contribution is 6.29. The third kappa shape index (κ3) is 3.42. The molecule has 18 heavy (non-hydrogen) atoms. The van der Waals surface area contributed by atoms with Crippen LogP contribution in [0.1, 0.15) is 32.3 Å². The van der Waals surface area contributed by atoms with Crippen LogP contribution in [0.2, 0.25) is 5.15 Å². The van der Waals surface area contributed by atoms with Crippen LogP contribution >= 0.6 is 11.6 Å². The van der Waals surface area contributed by atoms with Gasteiger partial charge in [0.1, 0.15) is 5.15 Å². The van der Waals surface area contributed by atoms with Crippen molar-refractivity contribution in [3.05, 3.63) is 29.0 Å². The van der Waals surface area contributed by atoms with Crippen LogP contribution in [0.15, 0.2) is 18.3 Å². The van der Waals surface area contributed by atoms with Crippen molar-refractivity contribution in [2.24, 2.45) is 0 Å². The number of aromatic nitrogens is 1. The molecular formula is C13H19ClN2O2. The highest BCUT2D eigenvalue weighted by Gasteiger charge is 2.34. The molecule has 0 aromatic carbocycles. The molecule has 4 nitrogen and oxygen atoms in total. The second-order valence-electron chi connectivity index (χ2n) is 5.62. The number of pyridine rings is 1. The number of aliphatic hydroxyl groups excluding tert-OH is 1. The summed E-state index contributed by atoms with van der Waals surface area (Å²) in [6, 6.07) is 3.77. The van der Waals surface area contributed by atoms with E-state index in [4.69, 9.17) is 16.3 Å². The van der Waals surface area contributed by atoms with Crippen LogP contribution in [0.25, 0.3) is 0 Å². The Labute approximate surface area is 113 Å². The molecule has 100 valence electrons. The standard InChI is InChI=1S/C13H19ClN2O2/c1-13(2,3)18-12(17)16-7-10(8-16)9-4-5-11(14)15-6-9/h4-6,10,12,17H,7-8H2,1-3H3. The van der Waals surface area contributed by atoms with Crippen LogP contribution in [0.4, 0.5) is 0 Å². The lowest BCUT2D eigenvalue weighted by Gasteiger charge is -2.43. The maximum atomic E-state index is 9.88. The number of ether oxygens (including phenoxy) is 1. The van der Waals surface area contributed by atoms with E-state index in [1.807, 2.05) is 31.7 Å². The molecule has 0 radical (unpaired) electrons. The first kappa shape index (κ1) is 13.7. The molecule has 0 aliphatic carbocycles. The second-order valence-corrected chi connectivity index (χ2v) is 6.01. The van der Waals surface area contributed by atoms with E-state index in [9.17, 15) is 5.11 Å². The molecule has 2 heterocycles. The van der Waals surface area contributed by atoms with Gasteiger partial charge >= 0.3 is 0 Å². The van der Waals surface area contributed by atoms with Gasteiger partial charge in [0.15, 0.2) is 0 Å². The fraction of sp³-hybridized carbons (Fsp3) is 0.615. The predicted molar refractivity (Wildman–Crippen MR) is 70.4 cm³/mol. The van der Waals surface area contributed by atoms with Crippen molar-refractivity contribution in [3.8, 4) is 0 Å². The largest absolute Gasteiger partial charge is 0.356 e. The zero-order valence-corrected chi connectivity index (χ0v) is 11.7. The summed E-state index contributed by atoms with van der Waals surface area (Å²) < 4.78 is 5.49. The molecule has 0 saturated carbocycles. The van der Waals surface area contributed by atoms with Gasteiger partial charge in [0, 0.05) is 25.2 Å². The van der Waals surface area contributed by atoms with Crippen LogP contribution in [-0.4, -0.2) is 40.1 Å². The number of aliphatic hydroxyl groups is 1. The Morgan fingerprint density at radius 3 is 2.61 bits per heavy atom. The third-order valence-electron chi connectivity index (χ3n) is 2.90. The number of hydrogen-bond donors (Lipinski definition) is 1. The zero-order chi connectivity index (χ0) is 13.3. The van der Waals surface area contributed by atoms with Gasteiger partial charge in [-0.25, -0.2) is 4.98 Å². The summed E-state index contributed by atoms with van der Waals surface area (Å²) in [5.41, 5.74) is 0.811. The Balaban J connectivity index is 1.85. The first-order chi connectivity index (χ1) is 8.35. The lowest BCUT2D eigenvalue weighted by Crippen LogP contribution is -2.53. The Morgan fingerprint density at radius 1 is 1.44 bits per heavy atom. The first-order valence-corrected chi connectivity index (χ1v) is 6.44. The van der Waals surface area contributed by atoms with E-state index in [1.165, 1.54) is 0 Å². The van der Waals surface area contributed by atoms with Gasteiger partial charge in [-0.15, -0.1) is 0 Å². The predicted octanol–water partition coefficient (Wildman–Crippen LogP) is 2.23. The Morgan fingerprint density at radius 2 is 2.11 bits per heavy atom. The van der Waals surface area contributed by atoms with Crippen molar-refractivity contribution in [3.63, 3.8) is 0 Å². The Bertz CT molecular complexity index is 396. The second kappa shape index (κ2) is 5.13. The number of nitrogens with zero attached hydrogens (tertiary/aromatic N) is 2. The van der Waals surface area contributed by atoms with Gasteiger partial charge in [-0.2, -0.15) is 0 Å². The summed E-state index contributed by atoms with van der Waals surface area (Å²) in [6.45, 7) is 7.34. The Kier molecular flexibility index (Phi) is 3.92. The summed E-state index contributed by atoms with van der Waals surface area (Å²) >= 11 is 5.75. The molecule has 0 amide bonds. The van der Waals surface area contributed by atoms with E-state index in [1.54, 1.807) is 12.3 Å². The van der Waals surface area contributed by atoms with Crippen molar-refractivity contribution in [2.45, 2.75) is 38.7 Å². The van der Waals surface area contributed by atoms with Crippen LogP contribution in [0.3, 0.4) is 0 Å². The summed E-state index contributed by atoms with van der Waals surface area (Å²) in [4.78, 5) is 5.96. The van der Waals surface area contributed by atoms with Gasteiger partial charge in [-0.05, 0) is 32.4 Å². The topological polar surface area (TPSA) is 45.6 Å². The molecule has 0 spiro atoms. The molecule has 1 aliphatic heterocycles. The number of likely N-dealkylation sites (tertiary alicyclic amines) is 1. The van der Waals surface area contributed by atoms with Gasteiger partial charge in [0.25, 0.3) is 0 Å². The van der Waals surface area contributed by atoms with E-state index in [-0.39, 0.29) is 5.60 Å². The van der Waals surface area contributed by atoms with Crippen LogP contribution in [0, 0.1) is 0 Å². The molecule has 1 atom stereocenters. The molecule has 1 saturated heterocycles. The lowest BCUT2D eigenvalue weighted by molar-refractivity contribution is -0.255. The molecule has 0 bridgehead atoms. The summed E-state index contributed by atoms with van der Waals surface area (Å²) in [5.74, 6) is 0.396. The van der Waals surface area contributed by atoms with Crippen molar-refractivity contribution in [2.75, 3.05) is 13.1 Å². The minimum atomic E-state index is -0.832. The molecular weight excluding hydrogens is 252 g/mol. The summed E-state index contributed by atoms with van der Waals surface area (Å²) in [6.07, 6.45) is 0.961. The average Bonchev–Trinajstić information content (AvgIpc) is 2.15. The van der Waals surface area contributed by atoms with Crippen molar-refractivity contribution in [1.82, 2.24) is 9.88 Å². The van der Waals surface area contributed by atoms with E-state index >= 15 is 0 Å². The highest BCUT2D eigenvalue weighted by atomic mass is 35.5. The molecule has 1 aliphatic rings. The summed E-state index contributed by atoms with van der Waals surface area (Å²) in [7, 11) is 0.